The van der Waals surface area contributed by atoms with Gasteiger partial charge in [-0.05, 0) is 116 Å². The van der Waals surface area contributed by atoms with Gasteiger partial charge in [0.25, 0.3) is 0 Å². The number of allylic oxidation sites excluding steroid dienone is 1. The van der Waals surface area contributed by atoms with Gasteiger partial charge in [0.15, 0.2) is 0 Å². The first-order valence-electron chi connectivity index (χ1n) is 37.0. The Morgan fingerprint density at radius 3 is 1.33 bits per heavy atom. The van der Waals surface area contributed by atoms with Crippen LogP contribution in [0.3, 0.4) is 0 Å². The fourth-order valence-electron chi connectivity index (χ4n) is 15.3. The van der Waals surface area contributed by atoms with Gasteiger partial charge in [0.05, 0.1) is 123 Å². The fraction of sp³-hybridized carbons (Fsp3) is 0.410. The molecule has 4 aromatic carbocycles. The molecule has 12 aliphatic rings. The van der Waals surface area contributed by atoms with Crippen molar-refractivity contribution in [2.75, 3.05) is 90.2 Å². The highest BCUT2D eigenvalue weighted by Gasteiger charge is 2.43. The Morgan fingerprint density at radius 2 is 0.880 bits per heavy atom. The van der Waals surface area contributed by atoms with Crippen LogP contribution in [0, 0.1) is 45.3 Å². The number of piperidine rings is 4. The van der Waals surface area contributed by atoms with Gasteiger partial charge in [-0.2, -0.15) is 48.0 Å². The number of benzene rings is 4. The van der Waals surface area contributed by atoms with Gasteiger partial charge in [0.2, 0.25) is 0 Å². The molecule has 30 heteroatoms. The first kappa shape index (κ1) is 74.9. The van der Waals surface area contributed by atoms with Crippen molar-refractivity contribution < 1.29 is 23.9 Å². The number of hydrazone groups is 1. The van der Waals surface area contributed by atoms with Crippen molar-refractivity contribution >= 4 is 48.4 Å². The Balaban J connectivity index is 0.000000127. The smallest absolute Gasteiger partial charge is 0.350 e. The highest BCUT2D eigenvalue weighted by atomic mass is 32.2. The monoisotopic (exact) mass is 1480 g/mol. The van der Waals surface area contributed by atoms with E-state index in [1.807, 2.05) is 118 Å². The van der Waals surface area contributed by atoms with Gasteiger partial charge in [-0.1, -0.05) is 72.8 Å². The molecular weight excluding hydrogens is 1390 g/mol. The number of ether oxygens (including phenoxy) is 1. The molecule has 0 saturated carbocycles. The summed E-state index contributed by atoms with van der Waals surface area (Å²) >= 11 is 1.90. The quantitative estimate of drug-likeness (QED) is 0.109. The first-order chi connectivity index (χ1) is 52.7. The minimum Gasteiger partial charge on any atom is -0.377 e. The average molecular weight is 1480 g/mol. The fourth-order valence-corrected chi connectivity index (χ4v) is 16.3. The number of hydrogen-bond donors (Lipinski definition) is 4. The number of hydrazine groups is 2. The Bertz CT molecular complexity index is 4140. The number of thioether (sulfide) groups is 1. The number of fused-ring (bicyclic) bond motifs is 4. The molecule has 12 heterocycles. The molecule has 0 bridgehead atoms. The minimum atomic E-state index is -0.215. The minimum absolute atomic E-state index is 0.0207. The van der Waals surface area contributed by atoms with E-state index in [0.717, 1.165) is 154 Å². The summed E-state index contributed by atoms with van der Waals surface area (Å²) in [6.07, 6.45) is 25.9. The zero-order valence-corrected chi connectivity index (χ0v) is 61.4. The van der Waals surface area contributed by atoms with Crippen LogP contribution in [0.15, 0.2) is 180 Å². The third kappa shape index (κ3) is 17.1. The maximum atomic E-state index is 13.4. The van der Waals surface area contributed by atoms with Gasteiger partial charge in [-0.3, -0.25) is 19.6 Å². The van der Waals surface area contributed by atoms with Crippen LogP contribution in [0.1, 0.15) is 95.9 Å². The highest BCUT2D eigenvalue weighted by Crippen LogP contribution is 2.35. The van der Waals surface area contributed by atoms with Crippen molar-refractivity contribution in [3.8, 4) is 24.3 Å². The van der Waals surface area contributed by atoms with E-state index in [-0.39, 0.29) is 60.4 Å². The number of rotatable bonds is 12. The molecule has 6 saturated heterocycles. The molecule has 2 unspecified atom stereocenters. The predicted molar refractivity (Wildman–Crippen MR) is 408 cm³/mol. The van der Waals surface area contributed by atoms with Crippen LogP contribution < -0.4 is 22.9 Å². The van der Waals surface area contributed by atoms with Gasteiger partial charge >= 0.3 is 24.1 Å². The molecule has 12 aliphatic heterocycles. The molecule has 8 amide bonds. The van der Waals surface area contributed by atoms with Crippen LogP contribution in [0.2, 0.25) is 0 Å². The number of carbonyl (C=O) groups is 4. The number of urea groups is 4. The molecule has 6 fully saturated rings. The van der Waals surface area contributed by atoms with Gasteiger partial charge in [0.1, 0.15) is 29.6 Å². The zero-order valence-electron chi connectivity index (χ0n) is 60.6. The summed E-state index contributed by atoms with van der Waals surface area (Å²) in [6.45, 7) is 10.2. The standard InChI is InChI=1S/C20H25N5O2.C20H25N5OS.2C19H21N7O/c2*21-11-15-4-1-2-5-16(15)12-25-19(23-7-3-6-17(22)13-23)10-18-14-27-9-8-24(18)20(25)26;20-11-15-5-1-2-6-16(15)12-24-18(23-9-3-7-17(21)13-23)14-26-22-8-4-10-25(26)19(24)27;20-10-15-4-1-2-5-16(15)11-25-18(23-8-3-6-17(21)12-23)13-24-14-22-7-9-26(24)19(25)27/h2*1-2,4-5,10,17-18H,3,6-9,12-14,22H2;1-2,4-6,8,10,14,17H,3,7,9,12-13,21H2;1-2,4-5,7,9,13-14,17H,3,6,8,11-12,21H2/t2*17-,18?;2*17-/m1111/s1. The number of nitrogens with two attached hydrogens (primary N) is 4. The van der Waals surface area contributed by atoms with Crippen LogP contribution in [0.25, 0.3) is 0 Å². The van der Waals surface area contributed by atoms with E-state index in [4.69, 9.17) is 27.7 Å². The molecule has 29 nitrogen and oxygen atoms in total. The van der Waals surface area contributed by atoms with E-state index in [1.54, 1.807) is 75.1 Å². The number of morpholine rings is 1. The molecule has 16 rings (SSSR count). The van der Waals surface area contributed by atoms with Crippen LogP contribution in [-0.2, 0) is 30.9 Å². The largest absolute Gasteiger partial charge is 0.377 e. The summed E-state index contributed by atoms with van der Waals surface area (Å²) < 4.78 is 5.59. The van der Waals surface area contributed by atoms with E-state index in [9.17, 15) is 40.2 Å². The molecular formula is C78H92N24O5S. The molecule has 4 aromatic rings. The molecule has 8 N–H and O–H groups in total. The Kier molecular flexibility index (Phi) is 24.2. The van der Waals surface area contributed by atoms with Crippen molar-refractivity contribution in [2.24, 2.45) is 33.0 Å². The third-order valence-electron chi connectivity index (χ3n) is 20.8. The summed E-state index contributed by atoms with van der Waals surface area (Å²) in [5, 5.41) is 48.1. The molecule has 108 heavy (non-hydrogen) atoms. The number of aliphatic imine (C=N–C) groups is 1. The second-order valence-corrected chi connectivity index (χ2v) is 29.3. The maximum Gasteiger partial charge on any atom is 0.350 e. The second kappa shape index (κ2) is 34.9. The Labute approximate surface area is 634 Å². The van der Waals surface area contributed by atoms with Crippen molar-refractivity contribution in [3.05, 3.63) is 214 Å². The van der Waals surface area contributed by atoms with Crippen molar-refractivity contribution in [3.63, 3.8) is 0 Å². The zero-order chi connectivity index (χ0) is 75.2. The van der Waals surface area contributed by atoms with Gasteiger partial charge in [-0.25, -0.2) is 34.2 Å². The van der Waals surface area contributed by atoms with Crippen LogP contribution >= 0.6 is 11.8 Å². The van der Waals surface area contributed by atoms with Crippen LogP contribution in [0.5, 0.6) is 0 Å². The van der Waals surface area contributed by atoms with Gasteiger partial charge in [-0.15, -0.1) is 0 Å². The second-order valence-electron chi connectivity index (χ2n) is 28.2. The summed E-state index contributed by atoms with van der Waals surface area (Å²) in [7, 11) is 0. The number of nitriles is 4. The van der Waals surface area contributed by atoms with Crippen molar-refractivity contribution in [1.82, 2.24) is 69.1 Å². The maximum absolute atomic E-state index is 13.4. The van der Waals surface area contributed by atoms with Gasteiger partial charge in [0, 0.05) is 114 Å². The van der Waals surface area contributed by atoms with E-state index in [1.165, 1.54) is 15.1 Å². The summed E-state index contributed by atoms with van der Waals surface area (Å²) in [4.78, 5) is 76.8. The topological polar surface area (TPSA) is 347 Å². The molecule has 6 atom stereocenters. The normalized spacial score (nSPS) is 23.8. The molecule has 560 valence electrons. The number of nitrogens with zero attached hydrogens (tertiary/aromatic N) is 20. The number of carbonyl (C=O) groups excluding carboxylic acids is 4. The Morgan fingerprint density at radius 1 is 0.472 bits per heavy atom. The number of likely N-dealkylation sites (tertiary alicyclic amines) is 4. The lowest BCUT2D eigenvalue weighted by Crippen LogP contribution is -2.59. The summed E-state index contributed by atoms with van der Waals surface area (Å²) in [5.74, 6) is 5.31. The lowest BCUT2D eigenvalue weighted by Gasteiger charge is -2.47. The van der Waals surface area contributed by atoms with E-state index in [0.29, 0.717) is 81.3 Å². The molecule has 0 aromatic heterocycles. The summed E-state index contributed by atoms with van der Waals surface area (Å²) in [6, 6.07) is 38.7. The first-order valence-corrected chi connectivity index (χ1v) is 38.2. The van der Waals surface area contributed by atoms with E-state index in [2.05, 4.69) is 66.1 Å². The van der Waals surface area contributed by atoms with Crippen molar-refractivity contribution in [1.29, 1.82) is 21.0 Å². The lowest BCUT2D eigenvalue weighted by molar-refractivity contribution is 0.00846. The number of hydrogen-bond acceptors (Lipinski definition) is 22. The average Bonchev–Trinajstić information content (AvgIpc) is 0.790. The summed E-state index contributed by atoms with van der Waals surface area (Å²) in [5.41, 5.74) is 30.4. The predicted octanol–water partition coefficient (Wildman–Crippen LogP) is 7.13. The molecule has 0 radical (unpaired) electrons. The number of amides is 8. The van der Waals surface area contributed by atoms with Crippen molar-refractivity contribution in [2.45, 2.75) is 114 Å². The van der Waals surface area contributed by atoms with E-state index >= 15 is 0 Å². The molecule has 0 aliphatic carbocycles. The van der Waals surface area contributed by atoms with Crippen LogP contribution in [-0.4, -0.2) is 232 Å². The van der Waals surface area contributed by atoms with E-state index < -0.39 is 0 Å². The third-order valence-corrected chi connectivity index (χ3v) is 21.9. The Hall–Kier alpha value is -11.4. The van der Waals surface area contributed by atoms with Crippen LogP contribution in [0.4, 0.5) is 19.2 Å². The highest BCUT2D eigenvalue weighted by molar-refractivity contribution is 7.99. The SMILES string of the molecule is N#Cc1ccccc1CN1C(=O)N2C=CC=NN2C=C1N1CCC[C@@H](N)C1.N#Cc1ccccc1CN1C(=O)N2C=CN=CN2C=C1N1CCC[C@@H](N)C1.N#Cc1ccccc1CN1C(=O)N2CCOCC2C=C1N1CCC[C@@H](N)C1.N#Cc1ccccc1CN1C(=O)N2CCSCC2C=C1N1CCC[C@@H](N)C1. The van der Waals surface area contributed by atoms with Gasteiger partial charge < -0.3 is 57.1 Å². The molecule has 0 spiro atoms. The lowest BCUT2D eigenvalue weighted by atomic mass is 10.0.